The van der Waals surface area contributed by atoms with Crippen molar-refractivity contribution < 1.29 is 24.1 Å². The van der Waals surface area contributed by atoms with Crippen molar-refractivity contribution in [2.24, 2.45) is 0 Å². The van der Waals surface area contributed by atoms with Gasteiger partial charge in [0.2, 0.25) is 0 Å². The van der Waals surface area contributed by atoms with Crippen LogP contribution < -0.4 is 0 Å². The lowest BCUT2D eigenvalue weighted by Gasteiger charge is -2.05. The van der Waals surface area contributed by atoms with Gasteiger partial charge >= 0.3 is 5.97 Å². The van der Waals surface area contributed by atoms with E-state index in [-0.39, 0.29) is 0 Å². The molecule has 0 radical (unpaired) electrons. The molecule has 0 fully saturated rings. The van der Waals surface area contributed by atoms with E-state index in [4.69, 9.17) is 19.3 Å². The first-order valence-corrected chi connectivity index (χ1v) is 7.24. The SMILES string of the molecule is COCCCOCCOCc1sccc1/C=C/C(=O)O. The van der Waals surface area contributed by atoms with Crippen molar-refractivity contribution in [1.82, 2.24) is 0 Å². The molecule has 0 aliphatic rings. The minimum atomic E-state index is -0.951. The summed E-state index contributed by atoms with van der Waals surface area (Å²) in [7, 11) is 1.67. The lowest BCUT2D eigenvalue weighted by Crippen LogP contribution is -2.06. The van der Waals surface area contributed by atoms with Crippen molar-refractivity contribution in [2.45, 2.75) is 13.0 Å². The fourth-order valence-corrected chi connectivity index (χ4v) is 2.27. The quantitative estimate of drug-likeness (QED) is 0.502. The Morgan fingerprint density at radius 3 is 2.85 bits per heavy atom. The van der Waals surface area contributed by atoms with E-state index < -0.39 is 5.97 Å². The van der Waals surface area contributed by atoms with Gasteiger partial charge in [-0.1, -0.05) is 0 Å². The lowest BCUT2D eigenvalue weighted by molar-refractivity contribution is -0.131. The highest BCUT2D eigenvalue weighted by Crippen LogP contribution is 2.19. The highest BCUT2D eigenvalue weighted by molar-refractivity contribution is 7.10. The van der Waals surface area contributed by atoms with Crippen LogP contribution in [0.25, 0.3) is 6.08 Å². The highest BCUT2D eigenvalue weighted by atomic mass is 32.1. The van der Waals surface area contributed by atoms with E-state index in [1.807, 2.05) is 11.4 Å². The molecule has 0 aromatic carbocycles. The van der Waals surface area contributed by atoms with Crippen LogP contribution in [-0.2, 0) is 25.6 Å². The van der Waals surface area contributed by atoms with E-state index in [9.17, 15) is 4.79 Å². The number of rotatable bonds is 11. The van der Waals surface area contributed by atoms with Crippen LogP contribution in [0, 0.1) is 0 Å². The van der Waals surface area contributed by atoms with Crippen LogP contribution >= 0.6 is 11.3 Å². The highest BCUT2D eigenvalue weighted by Gasteiger charge is 2.02. The van der Waals surface area contributed by atoms with Crippen molar-refractivity contribution in [3.8, 4) is 0 Å². The molecule has 0 unspecified atom stereocenters. The number of carbonyl (C=O) groups is 1. The third-order valence-corrected chi connectivity index (χ3v) is 3.34. The maximum Gasteiger partial charge on any atom is 0.328 e. The molecule has 0 aliphatic heterocycles. The number of hydrogen-bond acceptors (Lipinski definition) is 5. The summed E-state index contributed by atoms with van der Waals surface area (Å²) in [6.07, 6.45) is 3.59. The number of aliphatic carboxylic acids is 1. The molecule has 0 bridgehead atoms. The molecule has 1 aromatic heterocycles. The summed E-state index contributed by atoms with van der Waals surface area (Å²) in [5.41, 5.74) is 0.887. The Morgan fingerprint density at radius 2 is 2.10 bits per heavy atom. The van der Waals surface area contributed by atoms with E-state index in [0.717, 1.165) is 22.9 Å². The van der Waals surface area contributed by atoms with E-state index in [1.54, 1.807) is 24.5 Å². The number of thiophene rings is 1. The Balaban J connectivity index is 2.16. The molecule has 1 aromatic rings. The van der Waals surface area contributed by atoms with Gasteiger partial charge in [0.15, 0.2) is 0 Å². The molecule has 1 rings (SSSR count). The third kappa shape index (κ3) is 7.40. The number of methoxy groups -OCH3 is 1. The predicted octanol–water partition coefficient (Wildman–Crippen LogP) is 2.42. The van der Waals surface area contributed by atoms with Gasteiger partial charge in [0.25, 0.3) is 0 Å². The van der Waals surface area contributed by atoms with Crippen LogP contribution in [0.4, 0.5) is 0 Å². The van der Waals surface area contributed by atoms with Crippen LogP contribution in [-0.4, -0.2) is 44.6 Å². The summed E-state index contributed by atoms with van der Waals surface area (Å²) in [6, 6.07) is 1.88. The summed E-state index contributed by atoms with van der Waals surface area (Å²) >= 11 is 1.55. The summed E-state index contributed by atoms with van der Waals surface area (Å²) < 4.78 is 15.8. The molecule has 1 heterocycles. The molecule has 20 heavy (non-hydrogen) atoms. The topological polar surface area (TPSA) is 65.0 Å². The van der Waals surface area contributed by atoms with Crippen molar-refractivity contribution in [3.05, 3.63) is 28.0 Å². The van der Waals surface area contributed by atoms with Crippen molar-refractivity contribution >= 4 is 23.4 Å². The molecule has 112 valence electrons. The molecule has 0 spiro atoms. The number of carboxylic acids is 1. The van der Waals surface area contributed by atoms with Gasteiger partial charge in [-0.25, -0.2) is 4.79 Å². The summed E-state index contributed by atoms with van der Waals surface area (Å²) in [5, 5.41) is 10.5. The minimum absolute atomic E-state index is 0.471. The molecule has 5 nitrogen and oxygen atoms in total. The van der Waals surface area contributed by atoms with Gasteiger partial charge in [-0.15, -0.1) is 11.3 Å². The van der Waals surface area contributed by atoms with Gasteiger partial charge in [-0.05, 0) is 29.5 Å². The zero-order valence-electron chi connectivity index (χ0n) is 11.5. The maximum atomic E-state index is 10.5. The fourth-order valence-electron chi connectivity index (χ4n) is 1.47. The molecule has 0 saturated heterocycles. The van der Waals surface area contributed by atoms with E-state index in [1.165, 1.54) is 0 Å². The summed E-state index contributed by atoms with van der Waals surface area (Å²) in [4.78, 5) is 11.5. The molecule has 0 atom stereocenters. The fraction of sp³-hybridized carbons (Fsp3) is 0.500. The van der Waals surface area contributed by atoms with E-state index in [0.29, 0.717) is 33.0 Å². The molecule has 0 amide bonds. The normalized spacial score (nSPS) is 11.2. The van der Waals surface area contributed by atoms with Gasteiger partial charge in [0.05, 0.1) is 19.8 Å². The Morgan fingerprint density at radius 1 is 1.30 bits per heavy atom. The van der Waals surface area contributed by atoms with Crippen LogP contribution in [0.5, 0.6) is 0 Å². The average molecular weight is 300 g/mol. The largest absolute Gasteiger partial charge is 0.478 e. The second kappa shape index (κ2) is 10.6. The van der Waals surface area contributed by atoms with Crippen LogP contribution in [0.15, 0.2) is 17.5 Å². The second-order valence-corrected chi connectivity index (χ2v) is 4.98. The molecule has 0 aliphatic carbocycles. The second-order valence-electron chi connectivity index (χ2n) is 3.98. The Labute approximate surface area is 122 Å². The zero-order valence-corrected chi connectivity index (χ0v) is 12.4. The summed E-state index contributed by atoms with van der Waals surface area (Å²) in [5.74, 6) is -0.951. The first-order valence-electron chi connectivity index (χ1n) is 6.36. The summed E-state index contributed by atoms with van der Waals surface area (Å²) in [6.45, 7) is 2.92. The van der Waals surface area contributed by atoms with Crippen LogP contribution in [0.2, 0.25) is 0 Å². The van der Waals surface area contributed by atoms with Crippen molar-refractivity contribution in [3.63, 3.8) is 0 Å². The van der Waals surface area contributed by atoms with E-state index >= 15 is 0 Å². The Bertz CT molecular complexity index is 413. The molecule has 0 saturated carbocycles. The number of carboxylic acid groups (broad SMARTS) is 1. The standard InChI is InChI=1S/C14H20O5S/c1-17-6-2-7-18-8-9-19-11-13-12(5-10-20-13)3-4-14(15)16/h3-5,10H,2,6-9,11H2,1H3,(H,15,16)/b4-3+. The molecule has 6 heteroatoms. The van der Waals surface area contributed by atoms with Crippen molar-refractivity contribution in [1.29, 1.82) is 0 Å². The first kappa shape index (κ1) is 16.8. The van der Waals surface area contributed by atoms with Crippen LogP contribution in [0.3, 0.4) is 0 Å². The Hall–Kier alpha value is -1.21. The Kier molecular flexibility index (Phi) is 8.90. The molecule has 1 N–H and O–H groups in total. The lowest BCUT2D eigenvalue weighted by atomic mass is 10.2. The monoisotopic (exact) mass is 300 g/mol. The van der Waals surface area contributed by atoms with Crippen LogP contribution in [0.1, 0.15) is 16.9 Å². The van der Waals surface area contributed by atoms with Gasteiger partial charge in [0.1, 0.15) is 0 Å². The number of hydrogen-bond donors (Lipinski definition) is 1. The number of ether oxygens (including phenoxy) is 3. The van der Waals surface area contributed by atoms with Gasteiger partial charge in [-0.3, -0.25) is 0 Å². The average Bonchev–Trinajstić information content (AvgIpc) is 2.87. The van der Waals surface area contributed by atoms with Gasteiger partial charge in [0, 0.05) is 31.3 Å². The predicted molar refractivity (Wildman–Crippen MR) is 78.0 cm³/mol. The molecular formula is C14H20O5S. The van der Waals surface area contributed by atoms with Gasteiger partial charge in [-0.2, -0.15) is 0 Å². The van der Waals surface area contributed by atoms with Crippen molar-refractivity contribution in [2.75, 3.05) is 33.5 Å². The van der Waals surface area contributed by atoms with Gasteiger partial charge < -0.3 is 19.3 Å². The van der Waals surface area contributed by atoms with E-state index in [2.05, 4.69) is 0 Å². The minimum Gasteiger partial charge on any atom is -0.478 e. The smallest absolute Gasteiger partial charge is 0.328 e. The molecular weight excluding hydrogens is 280 g/mol. The maximum absolute atomic E-state index is 10.5. The first-order chi connectivity index (χ1) is 9.74. The third-order valence-electron chi connectivity index (χ3n) is 2.43. The zero-order chi connectivity index (χ0) is 14.6.